The van der Waals surface area contributed by atoms with Crippen LogP contribution in [0.4, 0.5) is 0 Å². The van der Waals surface area contributed by atoms with Gasteiger partial charge in [0.15, 0.2) is 11.4 Å². The Morgan fingerprint density at radius 1 is 0.340 bits per heavy atom. The fraction of sp³-hybridized carbons (Fsp3) is 0. The molecule has 8 aromatic carbocycles. The minimum absolute atomic E-state index is 0.589. The lowest BCUT2D eigenvalue weighted by Gasteiger charge is -2.12. The predicted molar refractivity (Wildman–Crippen MR) is 217 cm³/mol. The largest absolute Gasteiger partial charge is 0.436 e. The Morgan fingerprint density at radius 3 is 1.36 bits per heavy atom. The van der Waals surface area contributed by atoms with E-state index in [1.165, 1.54) is 43.8 Å². The molecule has 0 saturated carbocycles. The molecule has 0 fully saturated rings. The van der Waals surface area contributed by atoms with E-state index in [-0.39, 0.29) is 0 Å². The van der Waals surface area contributed by atoms with Crippen molar-refractivity contribution in [2.75, 3.05) is 0 Å². The summed E-state index contributed by atoms with van der Waals surface area (Å²) in [4.78, 5) is 15.0. The average molecular weight is 678 g/mol. The number of fused-ring (bicyclic) bond motifs is 3. The lowest BCUT2D eigenvalue weighted by Crippen LogP contribution is -1.96. The quantitative estimate of drug-likeness (QED) is 0.176. The molecule has 53 heavy (non-hydrogen) atoms. The van der Waals surface area contributed by atoms with Crippen LogP contribution in [0.25, 0.3) is 100 Å². The SMILES string of the molecule is c1ccc2c(-c3ccc(-c4cc(-c5ccc(-c6cccc7ccccc67)cc5)nc(-c5ccc(-c6nc7ccccc7o6)cc5)n4)cc3)cccc2c1. The lowest BCUT2D eigenvalue weighted by atomic mass is 9.96. The third kappa shape index (κ3) is 5.73. The molecule has 0 atom stereocenters. The summed E-state index contributed by atoms with van der Waals surface area (Å²) in [7, 11) is 0. The first-order valence-corrected chi connectivity index (χ1v) is 17.8. The molecule has 4 heteroatoms. The van der Waals surface area contributed by atoms with Crippen LogP contribution in [0.3, 0.4) is 0 Å². The fourth-order valence-electron chi connectivity index (χ4n) is 7.23. The number of para-hydroxylation sites is 2. The summed E-state index contributed by atoms with van der Waals surface area (Å²) in [6, 6.07) is 65.4. The zero-order chi connectivity index (χ0) is 35.1. The second-order valence-corrected chi connectivity index (χ2v) is 13.2. The standard InChI is InChI=1S/C49H31N3O/c1-3-13-40-32(9-1)11-7-15-42(40)34-19-23-36(24-20-34)45-31-46(37-25-21-35(22-26-37)43-16-8-12-33-10-2-4-14-41(33)43)51-48(50-45)38-27-29-39(30-28-38)49-52-44-17-5-6-18-47(44)53-49/h1-31H. The van der Waals surface area contributed by atoms with Gasteiger partial charge in [-0.2, -0.15) is 0 Å². The van der Waals surface area contributed by atoms with Gasteiger partial charge in [-0.1, -0.05) is 158 Å². The van der Waals surface area contributed by atoms with E-state index in [0.29, 0.717) is 11.7 Å². The van der Waals surface area contributed by atoms with Crippen molar-refractivity contribution in [2.45, 2.75) is 0 Å². The molecular formula is C49H31N3O. The number of rotatable bonds is 6. The van der Waals surface area contributed by atoms with Crippen LogP contribution in [0.15, 0.2) is 192 Å². The van der Waals surface area contributed by atoms with Crippen molar-refractivity contribution in [3.63, 3.8) is 0 Å². The Hall–Kier alpha value is -7.17. The third-order valence-electron chi connectivity index (χ3n) is 9.97. The molecule has 4 nitrogen and oxygen atoms in total. The number of hydrogen-bond acceptors (Lipinski definition) is 4. The lowest BCUT2D eigenvalue weighted by molar-refractivity contribution is 0.620. The van der Waals surface area contributed by atoms with Gasteiger partial charge in [0.1, 0.15) is 5.52 Å². The summed E-state index contributed by atoms with van der Waals surface area (Å²) in [5.74, 6) is 1.24. The third-order valence-corrected chi connectivity index (χ3v) is 9.97. The van der Waals surface area contributed by atoms with Crippen LogP contribution >= 0.6 is 0 Å². The molecular weight excluding hydrogens is 647 g/mol. The Bertz CT molecular complexity index is 2740. The molecule has 0 aliphatic rings. The van der Waals surface area contributed by atoms with E-state index in [0.717, 1.165) is 44.7 Å². The number of benzene rings is 8. The van der Waals surface area contributed by atoms with E-state index in [2.05, 4.69) is 145 Å². The number of nitrogens with zero attached hydrogens (tertiary/aromatic N) is 3. The van der Waals surface area contributed by atoms with Crippen LogP contribution in [0.1, 0.15) is 0 Å². The van der Waals surface area contributed by atoms with Crippen molar-refractivity contribution in [3.05, 3.63) is 188 Å². The molecule has 0 bridgehead atoms. The van der Waals surface area contributed by atoms with Crippen LogP contribution < -0.4 is 0 Å². The molecule has 0 aliphatic carbocycles. The minimum Gasteiger partial charge on any atom is -0.436 e. The molecule has 10 rings (SSSR count). The van der Waals surface area contributed by atoms with Crippen molar-refractivity contribution in [1.82, 2.24) is 15.0 Å². The first kappa shape index (κ1) is 30.6. The molecule has 248 valence electrons. The van der Waals surface area contributed by atoms with E-state index in [9.17, 15) is 0 Å². The van der Waals surface area contributed by atoms with E-state index >= 15 is 0 Å². The van der Waals surface area contributed by atoms with Crippen molar-refractivity contribution in [3.8, 4) is 67.6 Å². The topological polar surface area (TPSA) is 51.8 Å². The summed E-state index contributed by atoms with van der Waals surface area (Å²) in [6.07, 6.45) is 0. The van der Waals surface area contributed by atoms with Gasteiger partial charge in [0.05, 0.1) is 11.4 Å². The Kier molecular flexibility index (Phi) is 7.43. The van der Waals surface area contributed by atoms with Gasteiger partial charge >= 0.3 is 0 Å². The van der Waals surface area contributed by atoms with Crippen molar-refractivity contribution in [2.24, 2.45) is 0 Å². The van der Waals surface area contributed by atoms with Crippen LogP contribution in [0, 0.1) is 0 Å². The van der Waals surface area contributed by atoms with Crippen LogP contribution in [-0.4, -0.2) is 15.0 Å². The van der Waals surface area contributed by atoms with Crippen molar-refractivity contribution in [1.29, 1.82) is 0 Å². The predicted octanol–water partition coefficient (Wildman–Crippen LogP) is 12.9. The van der Waals surface area contributed by atoms with Gasteiger partial charge in [-0.05, 0) is 74.1 Å². The number of oxazole rings is 1. The summed E-state index contributed by atoms with van der Waals surface area (Å²) in [6.45, 7) is 0. The summed E-state index contributed by atoms with van der Waals surface area (Å²) in [5.41, 5.74) is 11.9. The first-order chi connectivity index (χ1) is 26.2. The van der Waals surface area contributed by atoms with Crippen LogP contribution in [0.2, 0.25) is 0 Å². The molecule has 0 amide bonds. The van der Waals surface area contributed by atoms with Crippen LogP contribution in [-0.2, 0) is 0 Å². The normalized spacial score (nSPS) is 11.4. The number of hydrogen-bond donors (Lipinski definition) is 0. The molecule has 2 heterocycles. The first-order valence-electron chi connectivity index (χ1n) is 17.8. The van der Waals surface area contributed by atoms with Gasteiger partial charge in [0.25, 0.3) is 0 Å². The van der Waals surface area contributed by atoms with Crippen LogP contribution in [0.5, 0.6) is 0 Å². The summed E-state index contributed by atoms with van der Waals surface area (Å²) >= 11 is 0. The smallest absolute Gasteiger partial charge is 0.227 e. The zero-order valence-electron chi connectivity index (χ0n) is 28.6. The molecule has 0 aliphatic heterocycles. The van der Waals surface area contributed by atoms with Crippen molar-refractivity contribution >= 4 is 32.6 Å². The van der Waals surface area contributed by atoms with Gasteiger partial charge in [0.2, 0.25) is 5.89 Å². The highest BCUT2D eigenvalue weighted by atomic mass is 16.3. The highest BCUT2D eigenvalue weighted by molar-refractivity contribution is 5.98. The molecule has 0 unspecified atom stereocenters. The maximum Gasteiger partial charge on any atom is 0.227 e. The molecule has 0 radical (unpaired) electrons. The molecule has 0 spiro atoms. The Labute approximate surface area is 306 Å². The van der Waals surface area contributed by atoms with Gasteiger partial charge in [-0.3, -0.25) is 0 Å². The van der Waals surface area contributed by atoms with Gasteiger partial charge in [0, 0.05) is 22.3 Å². The maximum absolute atomic E-state index is 6.04. The second-order valence-electron chi connectivity index (χ2n) is 13.2. The number of aromatic nitrogens is 3. The molecule has 0 N–H and O–H groups in total. The van der Waals surface area contributed by atoms with E-state index in [4.69, 9.17) is 14.4 Å². The highest BCUT2D eigenvalue weighted by Crippen LogP contribution is 2.35. The van der Waals surface area contributed by atoms with E-state index in [1.54, 1.807) is 0 Å². The van der Waals surface area contributed by atoms with Gasteiger partial charge in [-0.15, -0.1) is 0 Å². The van der Waals surface area contributed by atoms with E-state index < -0.39 is 0 Å². The summed E-state index contributed by atoms with van der Waals surface area (Å²) < 4.78 is 6.04. The maximum atomic E-state index is 6.04. The second kappa shape index (κ2) is 12.9. The Morgan fingerprint density at radius 2 is 0.792 bits per heavy atom. The van der Waals surface area contributed by atoms with Gasteiger partial charge in [-0.25, -0.2) is 15.0 Å². The van der Waals surface area contributed by atoms with Crippen molar-refractivity contribution < 1.29 is 4.42 Å². The highest BCUT2D eigenvalue weighted by Gasteiger charge is 2.14. The monoisotopic (exact) mass is 677 g/mol. The molecule has 10 aromatic rings. The minimum atomic E-state index is 0.589. The molecule has 0 saturated heterocycles. The Balaban J connectivity index is 1.05. The average Bonchev–Trinajstić information content (AvgIpc) is 3.68. The summed E-state index contributed by atoms with van der Waals surface area (Å²) in [5, 5.41) is 4.94. The molecule has 2 aromatic heterocycles. The zero-order valence-corrected chi connectivity index (χ0v) is 28.6. The van der Waals surface area contributed by atoms with Gasteiger partial charge < -0.3 is 4.42 Å². The fourth-order valence-corrected chi connectivity index (χ4v) is 7.23. The van der Waals surface area contributed by atoms with E-state index in [1.807, 2.05) is 48.5 Å².